The van der Waals surface area contributed by atoms with E-state index >= 15 is 0 Å². The number of hydrogen-bond donors (Lipinski definition) is 2. The summed E-state index contributed by atoms with van der Waals surface area (Å²) in [7, 11) is 0. The molecule has 2 aliphatic carbocycles. The molecule has 3 aromatic carbocycles. The van der Waals surface area contributed by atoms with Crippen LogP contribution in [0.5, 0.6) is 0 Å². The summed E-state index contributed by atoms with van der Waals surface area (Å²) in [6.45, 7) is 2.17. The molecule has 6 rings (SSSR count). The van der Waals surface area contributed by atoms with E-state index in [-0.39, 0.29) is 49.7 Å². The number of nitrogens with one attached hydrogen (secondary N) is 2. The number of carbonyl (C=O) groups excluding carboxylic acids is 5. The molecule has 2 fully saturated rings. The van der Waals surface area contributed by atoms with Gasteiger partial charge in [0.25, 0.3) is 5.91 Å². The van der Waals surface area contributed by atoms with Gasteiger partial charge in [0, 0.05) is 42.9 Å². The Bertz CT molecular complexity index is 2050. The van der Waals surface area contributed by atoms with Crippen LogP contribution in [0.15, 0.2) is 66.7 Å². The van der Waals surface area contributed by atoms with Crippen LogP contribution in [0.1, 0.15) is 74.1 Å². The minimum absolute atomic E-state index is 0.0314. The van der Waals surface area contributed by atoms with Crippen molar-refractivity contribution in [3.63, 3.8) is 0 Å². The van der Waals surface area contributed by atoms with Crippen LogP contribution in [-0.2, 0) is 63.1 Å². The fourth-order valence-electron chi connectivity index (χ4n) is 7.56. The van der Waals surface area contributed by atoms with Crippen molar-refractivity contribution >= 4 is 41.1 Å². The quantitative estimate of drug-likeness (QED) is 0.0799. The Balaban J connectivity index is 0.915. The predicted molar refractivity (Wildman–Crippen MR) is 218 cm³/mol. The summed E-state index contributed by atoms with van der Waals surface area (Å²) >= 11 is 0. The van der Waals surface area contributed by atoms with Crippen LogP contribution in [0, 0.1) is 11.7 Å². The summed E-state index contributed by atoms with van der Waals surface area (Å²) in [6.07, 6.45) is 0.163. The maximum absolute atomic E-state index is 13.8. The molecule has 0 aromatic heterocycles. The van der Waals surface area contributed by atoms with Crippen molar-refractivity contribution in [1.82, 2.24) is 9.80 Å². The van der Waals surface area contributed by atoms with E-state index in [0.29, 0.717) is 65.1 Å². The molecule has 5 amide bonds. The summed E-state index contributed by atoms with van der Waals surface area (Å²) in [4.78, 5) is 66.4. The molecule has 0 radical (unpaired) electrons. The number of carbonyl (C=O) groups is 5. The molecule has 2 atom stereocenters. The lowest BCUT2D eigenvalue weighted by molar-refractivity contribution is -0.187. The minimum Gasteiger partial charge on any atom is -0.427 e. The first-order valence-corrected chi connectivity index (χ1v) is 20.9. The summed E-state index contributed by atoms with van der Waals surface area (Å²) in [5.41, 5.74) is 1.34. The first-order valence-electron chi connectivity index (χ1n) is 20.9. The van der Waals surface area contributed by atoms with Gasteiger partial charge in [-0.25, -0.2) is 14.1 Å². The molecule has 1 saturated heterocycles. The van der Waals surface area contributed by atoms with Crippen molar-refractivity contribution in [2.45, 2.75) is 89.1 Å². The topological polar surface area (TPSA) is 153 Å². The molecular weight excluding hydrogens is 817 g/mol. The highest BCUT2D eigenvalue weighted by Gasteiger charge is 2.58. The fourth-order valence-corrected chi connectivity index (χ4v) is 7.56. The molecule has 1 heterocycles. The third kappa shape index (κ3) is 12.2. The van der Waals surface area contributed by atoms with Gasteiger partial charge in [-0.2, -0.15) is 13.2 Å². The fraction of sp³-hybridized carbons (Fsp3) is 0.489. The van der Waals surface area contributed by atoms with Crippen molar-refractivity contribution in [3.05, 3.63) is 94.8 Å². The van der Waals surface area contributed by atoms with Crippen LogP contribution in [0.25, 0.3) is 0 Å². The molecule has 1 saturated carbocycles. The number of halogens is 4. The highest BCUT2D eigenvalue weighted by molar-refractivity contribution is 6.06. The Labute approximate surface area is 357 Å². The Morgan fingerprint density at radius 3 is 2.11 bits per heavy atom. The summed E-state index contributed by atoms with van der Waals surface area (Å²) < 4.78 is 77.0. The maximum Gasteiger partial charge on any atom is 0.418 e. The number of rotatable bonds is 22. The number of hydrogen-bond acceptors (Lipinski definition) is 9. The minimum atomic E-state index is -4.83. The Kier molecular flexibility index (Phi) is 15.7. The number of anilines is 2. The largest absolute Gasteiger partial charge is 0.427 e. The van der Waals surface area contributed by atoms with Crippen LogP contribution in [0.4, 0.5) is 33.7 Å². The van der Waals surface area contributed by atoms with Crippen LogP contribution in [-0.4, -0.2) is 97.9 Å². The highest BCUT2D eigenvalue weighted by Crippen LogP contribution is 2.46. The van der Waals surface area contributed by atoms with E-state index in [1.165, 1.54) is 31.4 Å². The molecule has 62 heavy (non-hydrogen) atoms. The van der Waals surface area contributed by atoms with E-state index in [9.17, 15) is 41.5 Å². The van der Waals surface area contributed by atoms with Crippen LogP contribution >= 0.6 is 0 Å². The van der Waals surface area contributed by atoms with E-state index in [1.807, 2.05) is 12.1 Å². The molecule has 3 aliphatic rings. The summed E-state index contributed by atoms with van der Waals surface area (Å²) in [5, 5.41) is 5.67. The zero-order valence-electron chi connectivity index (χ0n) is 34.6. The molecule has 3 aromatic rings. The highest BCUT2D eigenvalue weighted by atomic mass is 19.4. The number of aryl methyl sites for hydroxylation is 2. The first-order chi connectivity index (χ1) is 29.7. The van der Waals surface area contributed by atoms with E-state index in [2.05, 4.69) is 10.6 Å². The molecule has 0 bridgehead atoms. The summed E-state index contributed by atoms with van der Waals surface area (Å²) in [6, 6.07) is 14.2. The smallest absolute Gasteiger partial charge is 0.418 e. The van der Waals surface area contributed by atoms with Crippen molar-refractivity contribution in [3.8, 4) is 0 Å². The number of fused-ring (bicyclic) bond motifs is 2. The van der Waals surface area contributed by atoms with Gasteiger partial charge in [-0.3, -0.25) is 19.2 Å². The third-order valence-corrected chi connectivity index (χ3v) is 11.5. The number of ether oxygens (including phenoxy) is 4. The second kappa shape index (κ2) is 21.1. The Morgan fingerprint density at radius 2 is 1.45 bits per heavy atom. The molecule has 17 heteroatoms. The molecule has 1 unspecified atom stereocenters. The van der Waals surface area contributed by atoms with Gasteiger partial charge in [0.15, 0.2) is 0 Å². The third-order valence-electron chi connectivity index (χ3n) is 11.5. The Morgan fingerprint density at radius 1 is 0.839 bits per heavy atom. The number of amides is 5. The molecule has 1 aliphatic heterocycles. The van der Waals surface area contributed by atoms with Gasteiger partial charge in [-0.1, -0.05) is 49.6 Å². The van der Waals surface area contributed by atoms with E-state index in [4.69, 9.17) is 18.9 Å². The second-order valence-electron chi connectivity index (χ2n) is 15.8. The number of imide groups is 1. The van der Waals surface area contributed by atoms with Crippen molar-refractivity contribution in [1.29, 1.82) is 0 Å². The lowest BCUT2D eigenvalue weighted by atomic mass is 9.83. The first kappa shape index (κ1) is 46.1. The number of alkyl halides is 3. The normalized spacial score (nSPS) is 17.7. The van der Waals surface area contributed by atoms with Gasteiger partial charge in [0.2, 0.25) is 23.3 Å². The molecule has 13 nitrogen and oxygen atoms in total. The van der Waals surface area contributed by atoms with Gasteiger partial charge in [0.05, 0.1) is 39.5 Å². The molecular formula is C45H52F4N4O9. The van der Waals surface area contributed by atoms with Crippen molar-refractivity contribution < 1.29 is 60.5 Å². The molecule has 1 spiro atoms. The average molecular weight is 869 g/mol. The lowest BCUT2D eigenvalue weighted by Gasteiger charge is -2.31. The van der Waals surface area contributed by atoms with Crippen molar-refractivity contribution in [2.75, 3.05) is 56.8 Å². The molecule has 334 valence electrons. The predicted octanol–water partition coefficient (Wildman–Crippen LogP) is 7.07. The van der Waals surface area contributed by atoms with Gasteiger partial charge < -0.3 is 34.5 Å². The van der Waals surface area contributed by atoms with Crippen LogP contribution in [0.2, 0.25) is 0 Å². The number of benzene rings is 3. The van der Waals surface area contributed by atoms with E-state index in [0.717, 1.165) is 43.6 Å². The van der Waals surface area contributed by atoms with Gasteiger partial charge >= 0.3 is 12.3 Å². The van der Waals surface area contributed by atoms with Crippen LogP contribution in [0.3, 0.4) is 0 Å². The van der Waals surface area contributed by atoms with Crippen LogP contribution < -0.4 is 10.6 Å². The molecule has 2 N–H and O–H groups in total. The maximum atomic E-state index is 13.8. The van der Waals surface area contributed by atoms with Gasteiger partial charge in [-0.05, 0) is 85.2 Å². The monoisotopic (exact) mass is 868 g/mol. The number of nitrogens with zero attached hydrogens (tertiary/aromatic N) is 2. The lowest BCUT2D eigenvalue weighted by Crippen LogP contribution is -2.51. The Hall–Kier alpha value is -5.39. The van der Waals surface area contributed by atoms with E-state index in [1.54, 1.807) is 30.3 Å². The standard InChI is InChI=1S/C45H52F4N4O9/c1-30(45(47,48)49)52(28-33-5-10-35(46)11-6-33)41(56)29-53-42(57)44(62-43(53)58)20-17-34-27-37(14-15-38(34)44)51-39(54)16-9-32-7-12-36(13-8-32)50-40(55)19-22-60-24-26-61-25-23-59-21-18-31-3-2-4-31/h5-8,10-15,27,30-31H,2-4,9,16-26,28-29H2,1H3,(H,50,55)(H,51,54)/t30-,44?/m0/s1. The van der Waals surface area contributed by atoms with Gasteiger partial charge in [-0.15, -0.1) is 0 Å². The zero-order chi connectivity index (χ0) is 44.3. The van der Waals surface area contributed by atoms with Crippen molar-refractivity contribution in [2.24, 2.45) is 5.92 Å². The van der Waals surface area contributed by atoms with Gasteiger partial charge in [0.1, 0.15) is 18.4 Å². The second-order valence-corrected chi connectivity index (χ2v) is 15.8. The summed E-state index contributed by atoms with van der Waals surface area (Å²) in [5.74, 6) is -2.28. The zero-order valence-corrected chi connectivity index (χ0v) is 34.6. The van der Waals surface area contributed by atoms with E-state index < -0.39 is 54.6 Å². The average Bonchev–Trinajstić information content (AvgIpc) is 3.70. The SMILES string of the molecule is C[C@H](N(Cc1ccc(F)cc1)C(=O)CN1C(=O)OC2(CCc3cc(NC(=O)CCc4ccc(NC(=O)CCOCCOCCOCCC5CCC5)cc4)ccc32)C1=O)C(F)(F)F.